The number of benzene rings is 3. The van der Waals surface area contributed by atoms with E-state index in [-0.39, 0.29) is 11.3 Å². The second-order valence-corrected chi connectivity index (χ2v) is 6.79. The zero-order valence-electron chi connectivity index (χ0n) is 17.6. The minimum absolute atomic E-state index is 0.165. The number of esters is 1. The summed E-state index contributed by atoms with van der Waals surface area (Å²) in [5, 5.41) is 0. The Morgan fingerprint density at radius 1 is 0.750 bits per heavy atom. The predicted octanol–water partition coefficient (Wildman–Crippen LogP) is 3.73. The Morgan fingerprint density at radius 3 is 1.88 bits per heavy atom. The molecule has 0 aromatic heterocycles. The Balaban J connectivity index is 1.61. The molecular formula is C24H19NO7. The standard InChI is InChI=1S/C24H19NO7/c1-29-19-11-14(12-20(30-2)21(19)31-3)24(28)32-16-8-6-7-15(13-16)25-22(26)17-9-4-5-10-18(17)23(25)27/h4-13H,1-3H3. The summed E-state index contributed by atoms with van der Waals surface area (Å²) in [4.78, 5) is 39.3. The number of imide groups is 1. The van der Waals surface area contributed by atoms with Gasteiger partial charge in [0.2, 0.25) is 5.75 Å². The zero-order valence-corrected chi connectivity index (χ0v) is 17.6. The zero-order chi connectivity index (χ0) is 22.8. The molecule has 3 aromatic carbocycles. The number of methoxy groups -OCH3 is 3. The molecule has 4 rings (SSSR count). The lowest BCUT2D eigenvalue weighted by molar-refractivity contribution is 0.0733. The lowest BCUT2D eigenvalue weighted by Crippen LogP contribution is -2.29. The van der Waals surface area contributed by atoms with Crippen molar-refractivity contribution in [1.82, 2.24) is 0 Å². The first-order valence-electron chi connectivity index (χ1n) is 9.58. The lowest BCUT2D eigenvalue weighted by Gasteiger charge is -2.16. The Kier molecular flexibility index (Phi) is 5.51. The molecule has 1 aliphatic heterocycles. The van der Waals surface area contributed by atoms with E-state index >= 15 is 0 Å². The monoisotopic (exact) mass is 433 g/mol. The van der Waals surface area contributed by atoms with Crippen molar-refractivity contribution in [3.05, 3.63) is 77.4 Å². The maximum atomic E-state index is 12.8. The highest BCUT2D eigenvalue weighted by Gasteiger charge is 2.36. The van der Waals surface area contributed by atoms with Gasteiger partial charge in [-0.15, -0.1) is 0 Å². The average Bonchev–Trinajstić information content (AvgIpc) is 3.08. The Bertz CT molecular complexity index is 1170. The van der Waals surface area contributed by atoms with Gasteiger partial charge in [0.15, 0.2) is 11.5 Å². The van der Waals surface area contributed by atoms with Gasteiger partial charge >= 0.3 is 5.97 Å². The first kappa shape index (κ1) is 20.9. The Labute approximate surface area is 183 Å². The lowest BCUT2D eigenvalue weighted by atomic mass is 10.1. The van der Waals surface area contributed by atoms with E-state index in [1.807, 2.05) is 0 Å². The number of fused-ring (bicyclic) bond motifs is 1. The van der Waals surface area contributed by atoms with Gasteiger partial charge in [0, 0.05) is 6.07 Å². The maximum Gasteiger partial charge on any atom is 0.343 e. The molecule has 0 fully saturated rings. The van der Waals surface area contributed by atoms with Crippen LogP contribution in [0.3, 0.4) is 0 Å². The molecule has 32 heavy (non-hydrogen) atoms. The van der Waals surface area contributed by atoms with Crippen LogP contribution in [0.15, 0.2) is 60.7 Å². The highest BCUT2D eigenvalue weighted by Crippen LogP contribution is 2.38. The minimum Gasteiger partial charge on any atom is -0.493 e. The van der Waals surface area contributed by atoms with E-state index in [1.165, 1.54) is 39.5 Å². The predicted molar refractivity (Wildman–Crippen MR) is 115 cm³/mol. The summed E-state index contributed by atoms with van der Waals surface area (Å²) in [5.74, 6) is -0.421. The summed E-state index contributed by atoms with van der Waals surface area (Å²) < 4.78 is 21.3. The van der Waals surface area contributed by atoms with Crippen molar-refractivity contribution in [1.29, 1.82) is 0 Å². The van der Waals surface area contributed by atoms with Crippen LogP contribution < -0.4 is 23.8 Å². The molecule has 0 spiro atoms. The fourth-order valence-electron chi connectivity index (χ4n) is 3.47. The van der Waals surface area contributed by atoms with Crippen LogP contribution in [0, 0.1) is 0 Å². The van der Waals surface area contributed by atoms with Crippen LogP contribution in [0.25, 0.3) is 0 Å². The van der Waals surface area contributed by atoms with E-state index in [0.717, 1.165) is 4.90 Å². The third-order valence-corrected chi connectivity index (χ3v) is 4.98. The second-order valence-electron chi connectivity index (χ2n) is 6.79. The van der Waals surface area contributed by atoms with E-state index in [4.69, 9.17) is 18.9 Å². The summed E-state index contributed by atoms with van der Waals surface area (Å²) in [6.45, 7) is 0. The van der Waals surface area contributed by atoms with Crippen LogP contribution in [0.4, 0.5) is 5.69 Å². The molecule has 8 heteroatoms. The van der Waals surface area contributed by atoms with E-state index in [0.29, 0.717) is 34.1 Å². The molecule has 0 atom stereocenters. The van der Waals surface area contributed by atoms with Crippen LogP contribution in [0.1, 0.15) is 31.1 Å². The van der Waals surface area contributed by atoms with Gasteiger partial charge in [0.1, 0.15) is 5.75 Å². The molecule has 0 saturated heterocycles. The average molecular weight is 433 g/mol. The summed E-state index contributed by atoms with van der Waals surface area (Å²) in [6.07, 6.45) is 0. The largest absolute Gasteiger partial charge is 0.493 e. The molecule has 162 valence electrons. The summed E-state index contributed by atoms with van der Waals surface area (Å²) in [5.41, 5.74) is 1.13. The number of ether oxygens (including phenoxy) is 4. The number of carbonyl (C=O) groups excluding carboxylic acids is 3. The van der Waals surface area contributed by atoms with Gasteiger partial charge < -0.3 is 18.9 Å². The van der Waals surface area contributed by atoms with Gasteiger partial charge in [-0.25, -0.2) is 9.69 Å². The molecule has 1 heterocycles. The number of carbonyl (C=O) groups is 3. The molecule has 1 aliphatic rings. The van der Waals surface area contributed by atoms with E-state index < -0.39 is 17.8 Å². The number of amides is 2. The van der Waals surface area contributed by atoms with Crippen LogP contribution in [-0.4, -0.2) is 39.1 Å². The van der Waals surface area contributed by atoms with Crippen LogP contribution in [-0.2, 0) is 0 Å². The molecule has 3 aromatic rings. The molecule has 0 bridgehead atoms. The van der Waals surface area contributed by atoms with E-state index in [2.05, 4.69) is 0 Å². The van der Waals surface area contributed by atoms with Gasteiger partial charge in [-0.1, -0.05) is 18.2 Å². The Hall–Kier alpha value is -4.33. The van der Waals surface area contributed by atoms with Crippen molar-refractivity contribution in [3.8, 4) is 23.0 Å². The van der Waals surface area contributed by atoms with Crippen molar-refractivity contribution >= 4 is 23.5 Å². The number of rotatable bonds is 6. The van der Waals surface area contributed by atoms with Crippen LogP contribution in [0.2, 0.25) is 0 Å². The molecule has 0 N–H and O–H groups in total. The molecule has 2 amide bonds. The summed E-state index contributed by atoms with van der Waals surface area (Å²) >= 11 is 0. The maximum absolute atomic E-state index is 12.8. The van der Waals surface area contributed by atoms with Crippen molar-refractivity contribution in [2.75, 3.05) is 26.2 Å². The quantitative estimate of drug-likeness (QED) is 0.332. The Morgan fingerprint density at radius 2 is 1.34 bits per heavy atom. The summed E-state index contributed by atoms with van der Waals surface area (Å²) in [6, 6.07) is 15.7. The third-order valence-electron chi connectivity index (χ3n) is 4.98. The van der Waals surface area contributed by atoms with Crippen molar-refractivity contribution < 1.29 is 33.3 Å². The molecular weight excluding hydrogens is 414 g/mol. The van der Waals surface area contributed by atoms with E-state index in [9.17, 15) is 14.4 Å². The smallest absolute Gasteiger partial charge is 0.343 e. The normalized spacial score (nSPS) is 12.4. The van der Waals surface area contributed by atoms with Crippen LogP contribution >= 0.6 is 0 Å². The fourth-order valence-corrected chi connectivity index (χ4v) is 3.47. The van der Waals surface area contributed by atoms with Gasteiger partial charge in [0.25, 0.3) is 11.8 Å². The van der Waals surface area contributed by atoms with Crippen molar-refractivity contribution in [3.63, 3.8) is 0 Å². The highest BCUT2D eigenvalue weighted by molar-refractivity contribution is 6.34. The summed E-state index contributed by atoms with van der Waals surface area (Å²) in [7, 11) is 4.35. The second kappa shape index (κ2) is 8.43. The number of anilines is 1. The van der Waals surface area contributed by atoms with Gasteiger partial charge in [0.05, 0.1) is 43.7 Å². The molecule has 0 radical (unpaired) electrons. The number of nitrogens with zero attached hydrogens (tertiary/aromatic N) is 1. The van der Waals surface area contributed by atoms with Crippen molar-refractivity contribution in [2.45, 2.75) is 0 Å². The highest BCUT2D eigenvalue weighted by atomic mass is 16.5. The van der Waals surface area contributed by atoms with Gasteiger partial charge in [-0.2, -0.15) is 0 Å². The minimum atomic E-state index is -0.677. The molecule has 0 saturated carbocycles. The third kappa shape index (κ3) is 3.51. The van der Waals surface area contributed by atoms with Crippen LogP contribution in [0.5, 0.6) is 23.0 Å². The van der Waals surface area contributed by atoms with Crippen molar-refractivity contribution in [2.24, 2.45) is 0 Å². The SMILES string of the molecule is COc1cc(C(=O)Oc2cccc(N3C(=O)c4ccccc4C3=O)c2)cc(OC)c1OC. The van der Waals surface area contributed by atoms with Gasteiger partial charge in [-0.05, 0) is 36.4 Å². The van der Waals surface area contributed by atoms with E-state index in [1.54, 1.807) is 42.5 Å². The molecule has 8 nitrogen and oxygen atoms in total. The first-order valence-corrected chi connectivity index (χ1v) is 9.58. The van der Waals surface area contributed by atoms with Gasteiger partial charge in [-0.3, -0.25) is 9.59 Å². The number of hydrogen-bond donors (Lipinski definition) is 0. The molecule has 0 unspecified atom stereocenters. The first-order chi connectivity index (χ1) is 15.5. The number of hydrogen-bond acceptors (Lipinski definition) is 7. The fraction of sp³-hybridized carbons (Fsp3) is 0.125. The molecule has 0 aliphatic carbocycles. The topological polar surface area (TPSA) is 91.4 Å².